The van der Waals surface area contributed by atoms with E-state index in [-0.39, 0.29) is 18.4 Å². The van der Waals surface area contributed by atoms with Crippen molar-refractivity contribution in [3.05, 3.63) is 35.1 Å². The zero-order chi connectivity index (χ0) is 22.5. The highest BCUT2D eigenvalue weighted by molar-refractivity contribution is 6.30. The highest BCUT2D eigenvalue weighted by Gasteiger charge is 2.36. The molecule has 1 unspecified atom stereocenters. The lowest BCUT2D eigenvalue weighted by molar-refractivity contribution is -0.139. The molecule has 1 aliphatic carbocycles. The molecule has 2 aromatic rings. The highest BCUT2D eigenvalue weighted by Crippen LogP contribution is 2.28. The first-order valence-electron chi connectivity index (χ1n) is 11.4. The Balaban J connectivity index is 1.38. The molecule has 32 heavy (non-hydrogen) atoms. The summed E-state index contributed by atoms with van der Waals surface area (Å²) in [5.74, 6) is 0.235. The second-order valence-corrected chi connectivity index (χ2v) is 9.22. The van der Waals surface area contributed by atoms with Crippen molar-refractivity contribution in [2.75, 3.05) is 6.54 Å². The van der Waals surface area contributed by atoms with Crippen molar-refractivity contribution in [1.29, 1.82) is 0 Å². The first-order valence-corrected chi connectivity index (χ1v) is 11.8. The monoisotopic (exact) mass is 459 g/mol. The smallest absolute Gasteiger partial charge is 0.243 e. The molecule has 2 atom stereocenters. The Morgan fingerprint density at radius 2 is 2.00 bits per heavy atom. The van der Waals surface area contributed by atoms with Crippen molar-refractivity contribution in [1.82, 2.24) is 30.4 Å². The largest absolute Gasteiger partial charge is 0.350 e. The first kappa shape index (κ1) is 22.7. The first-order chi connectivity index (χ1) is 15.5. The summed E-state index contributed by atoms with van der Waals surface area (Å²) in [7, 11) is 0. The minimum atomic E-state index is -0.536. The van der Waals surface area contributed by atoms with Crippen LogP contribution in [-0.4, -0.2) is 55.5 Å². The number of amides is 2. The summed E-state index contributed by atoms with van der Waals surface area (Å²) in [6.45, 7) is 0.823. The van der Waals surface area contributed by atoms with Crippen molar-refractivity contribution in [2.24, 2.45) is 11.7 Å². The van der Waals surface area contributed by atoms with Gasteiger partial charge in [0.1, 0.15) is 12.4 Å². The van der Waals surface area contributed by atoms with Crippen LogP contribution in [0.4, 0.5) is 0 Å². The van der Waals surface area contributed by atoms with Crippen LogP contribution in [0.1, 0.15) is 56.9 Å². The van der Waals surface area contributed by atoms with Crippen molar-refractivity contribution >= 4 is 23.4 Å². The van der Waals surface area contributed by atoms with E-state index in [1.807, 2.05) is 0 Å². The summed E-state index contributed by atoms with van der Waals surface area (Å²) in [5.41, 5.74) is 7.80. The number of aromatic nitrogens is 4. The maximum atomic E-state index is 13.0. The molecule has 4 rings (SSSR count). The Morgan fingerprint density at radius 3 is 2.75 bits per heavy atom. The molecule has 1 saturated heterocycles. The van der Waals surface area contributed by atoms with E-state index in [9.17, 15) is 9.59 Å². The van der Waals surface area contributed by atoms with Crippen molar-refractivity contribution < 1.29 is 9.59 Å². The number of nitrogens with two attached hydrogens (primary N) is 1. The Morgan fingerprint density at radius 1 is 1.19 bits per heavy atom. The van der Waals surface area contributed by atoms with E-state index >= 15 is 0 Å². The Kier molecular flexibility index (Phi) is 7.36. The van der Waals surface area contributed by atoms with Gasteiger partial charge in [-0.3, -0.25) is 9.59 Å². The third-order valence-corrected chi connectivity index (χ3v) is 6.79. The van der Waals surface area contributed by atoms with E-state index < -0.39 is 12.1 Å². The fraction of sp³-hybridized carbons (Fsp3) is 0.591. The zero-order valence-corrected chi connectivity index (χ0v) is 18.9. The lowest BCUT2D eigenvalue weighted by atomic mass is 9.84. The minimum Gasteiger partial charge on any atom is -0.350 e. The summed E-state index contributed by atoms with van der Waals surface area (Å²) in [5, 5.41) is 14.8. The molecule has 1 aliphatic heterocycles. The normalized spacial score (nSPS) is 20.3. The molecule has 3 N–H and O–H groups in total. The molecular weight excluding hydrogens is 430 g/mol. The number of halogens is 1. The molecule has 1 saturated carbocycles. The minimum absolute atomic E-state index is 0.106. The van der Waals surface area contributed by atoms with Crippen LogP contribution in [0.5, 0.6) is 0 Å². The SMILES string of the molecule is NC(CC1CCCCC1)C(=O)N1CCC[C@H]1C(=O)NCc1cc(Cl)ccc1-n1cnnn1. The third kappa shape index (κ3) is 5.27. The lowest BCUT2D eigenvalue weighted by Gasteiger charge is -2.29. The van der Waals surface area contributed by atoms with Crippen LogP contribution in [0.2, 0.25) is 5.02 Å². The number of hydrogen-bond acceptors (Lipinski definition) is 6. The van der Waals surface area contributed by atoms with Crippen LogP contribution in [0, 0.1) is 5.92 Å². The number of carbonyl (C=O) groups is 2. The predicted molar refractivity (Wildman–Crippen MR) is 120 cm³/mol. The standard InChI is InChI=1S/C22H30ClN7O2/c23-17-8-9-19(30-14-26-27-28-30)16(12-17)13-25-21(31)20-7-4-10-29(20)22(32)18(24)11-15-5-2-1-3-6-15/h8-9,12,14-15,18,20H,1-7,10-11,13,24H2,(H,25,31)/t18?,20-/m0/s1. The average molecular weight is 460 g/mol. The summed E-state index contributed by atoms with van der Waals surface area (Å²) in [6, 6.07) is 4.29. The second-order valence-electron chi connectivity index (χ2n) is 8.78. The molecule has 2 fully saturated rings. The molecule has 0 radical (unpaired) electrons. The molecule has 1 aromatic carbocycles. The fourth-order valence-electron chi connectivity index (χ4n) is 4.89. The number of nitrogens with one attached hydrogen (secondary N) is 1. The van der Waals surface area contributed by atoms with Gasteiger partial charge in [0.2, 0.25) is 11.8 Å². The van der Waals surface area contributed by atoms with Gasteiger partial charge in [0.25, 0.3) is 0 Å². The van der Waals surface area contributed by atoms with Gasteiger partial charge in [0, 0.05) is 18.1 Å². The van der Waals surface area contributed by atoms with E-state index in [0.29, 0.717) is 30.3 Å². The van der Waals surface area contributed by atoms with Gasteiger partial charge >= 0.3 is 0 Å². The van der Waals surface area contributed by atoms with E-state index in [1.54, 1.807) is 23.1 Å². The fourth-order valence-corrected chi connectivity index (χ4v) is 5.08. The number of nitrogens with zero attached hydrogens (tertiary/aromatic N) is 5. The predicted octanol–water partition coefficient (Wildman–Crippen LogP) is 2.22. The van der Waals surface area contributed by atoms with Crippen LogP contribution in [-0.2, 0) is 16.1 Å². The third-order valence-electron chi connectivity index (χ3n) is 6.56. The summed E-state index contributed by atoms with van der Waals surface area (Å²) >= 11 is 6.16. The number of carbonyl (C=O) groups excluding carboxylic acids is 2. The van der Waals surface area contributed by atoms with E-state index in [1.165, 1.54) is 30.3 Å². The van der Waals surface area contributed by atoms with Crippen molar-refractivity contribution in [2.45, 2.75) is 70.0 Å². The molecule has 9 nitrogen and oxygen atoms in total. The molecular formula is C22H30ClN7O2. The molecule has 10 heteroatoms. The van der Waals surface area contributed by atoms with E-state index in [2.05, 4.69) is 20.8 Å². The van der Waals surface area contributed by atoms with Crippen molar-refractivity contribution in [3.63, 3.8) is 0 Å². The molecule has 0 bridgehead atoms. The van der Waals surface area contributed by atoms with Crippen molar-refractivity contribution in [3.8, 4) is 5.69 Å². The van der Waals surface area contributed by atoms with Gasteiger partial charge in [-0.1, -0.05) is 43.7 Å². The molecule has 1 aromatic heterocycles. The van der Waals surface area contributed by atoms with Gasteiger partial charge in [-0.25, -0.2) is 4.68 Å². The van der Waals surface area contributed by atoms with E-state index in [0.717, 1.165) is 30.5 Å². The molecule has 0 spiro atoms. The summed E-state index contributed by atoms with van der Waals surface area (Å²) in [6.07, 6.45) is 9.64. The molecule has 2 heterocycles. The quantitative estimate of drug-likeness (QED) is 0.655. The lowest BCUT2D eigenvalue weighted by Crippen LogP contribution is -2.51. The van der Waals surface area contributed by atoms with Gasteiger partial charge < -0.3 is 16.0 Å². The van der Waals surface area contributed by atoms with Gasteiger partial charge in [-0.05, 0) is 59.4 Å². The number of tetrazole rings is 1. The maximum absolute atomic E-state index is 13.0. The Labute approximate surface area is 192 Å². The van der Waals surface area contributed by atoms with Crippen LogP contribution in [0.3, 0.4) is 0 Å². The number of rotatable bonds is 7. The van der Waals surface area contributed by atoms with Gasteiger partial charge in [0.15, 0.2) is 0 Å². The molecule has 2 amide bonds. The van der Waals surface area contributed by atoms with E-state index in [4.69, 9.17) is 17.3 Å². The number of benzene rings is 1. The number of likely N-dealkylation sites (tertiary alicyclic amines) is 1. The molecule has 172 valence electrons. The average Bonchev–Trinajstić information content (AvgIpc) is 3.50. The molecule has 2 aliphatic rings. The maximum Gasteiger partial charge on any atom is 0.243 e. The summed E-state index contributed by atoms with van der Waals surface area (Å²) < 4.78 is 1.52. The van der Waals surface area contributed by atoms with Crippen LogP contribution >= 0.6 is 11.6 Å². The Bertz CT molecular complexity index is 930. The van der Waals surface area contributed by atoms with Gasteiger partial charge in [-0.15, -0.1) is 5.10 Å². The zero-order valence-electron chi connectivity index (χ0n) is 18.1. The topological polar surface area (TPSA) is 119 Å². The van der Waals surface area contributed by atoms with Gasteiger partial charge in [-0.2, -0.15) is 0 Å². The van der Waals surface area contributed by atoms with Crippen LogP contribution in [0.25, 0.3) is 5.69 Å². The Hall–Kier alpha value is -2.52. The summed E-state index contributed by atoms with van der Waals surface area (Å²) in [4.78, 5) is 27.7. The van der Waals surface area contributed by atoms with Crippen LogP contribution < -0.4 is 11.1 Å². The second kappa shape index (κ2) is 10.4. The van der Waals surface area contributed by atoms with Crippen LogP contribution in [0.15, 0.2) is 24.5 Å². The highest BCUT2D eigenvalue weighted by atomic mass is 35.5. The number of hydrogen-bond donors (Lipinski definition) is 2. The van der Waals surface area contributed by atoms with Gasteiger partial charge in [0.05, 0.1) is 11.7 Å².